The first kappa shape index (κ1) is 32.5. The third-order valence-corrected chi connectivity index (χ3v) is 9.45. The Kier molecular flexibility index (Phi) is 12.2. The molecule has 0 heterocycles. The van der Waals surface area contributed by atoms with E-state index in [1.165, 1.54) is 121 Å². The SMILES string of the molecule is CCCCCC1(OC(C)(C)Cc2cccc(O)c2CC(C)(C)OC2(CCCCC)CCCCC2)CCCCC1. The van der Waals surface area contributed by atoms with Gasteiger partial charge in [0.2, 0.25) is 0 Å². The van der Waals surface area contributed by atoms with Gasteiger partial charge in [-0.1, -0.05) is 103 Å². The van der Waals surface area contributed by atoms with Crippen LogP contribution in [0.3, 0.4) is 0 Å². The highest BCUT2D eigenvalue weighted by atomic mass is 16.5. The zero-order valence-electron chi connectivity index (χ0n) is 26.6. The average molecular weight is 543 g/mol. The average Bonchev–Trinajstić information content (AvgIpc) is 2.87. The molecule has 0 spiro atoms. The fraction of sp³-hybridized carbons (Fsp3) is 0.833. The number of ether oxygens (including phenoxy) is 2. The van der Waals surface area contributed by atoms with E-state index < -0.39 is 0 Å². The Bertz CT molecular complexity index is 843. The minimum absolute atomic E-state index is 0.00425. The first-order chi connectivity index (χ1) is 18.5. The molecule has 1 aromatic rings. The molecule has 0 bridgehead atoms. The van der Waals surface area contributed by atoms with Crippen LogP contribution < -0.4 is 0 Å². The van der Waals surface area contributed by atoms with Gasteiger partial charge in [0, 0.05) is 12.8 Å². The van der Waals surface area contributed by atoms with E-state index >= 15 is 0 Å². The van der Waals surface area contributed by atoms with E-state index in [2.05, 4.69) is 47.6 Å². The summed E-state index contributed by atoms with van der Waals surface area (Å²) in [6.45, 7) is 13.6. The summed E-state index contributed by atoms with van der Waals surface area (Å²) in [5.41, 5.74) is 1.63. The molecular formula is C36H62O3. The number of hydrogen-bond acceptors (Lipinski definition) is 3. The van der Waals surface area contributed by atoms with Gasteiger partial charge in [0.15, 0.2) is 0 Å². The Labute approximate surface area is 241 Å². The largest absolute Gasteiger partial charge is 0.508 e. The molecule has 0 unspecified atom stereocenters. The van der Waals surface area contributed by atoms with Crippen molar-refractivity contribution < 1.29 is 14.6 Å². The van der Waals surface area contributed by atoms with Gasteiger partial charge in [0.25, 0.3) is 0 Å². The fourth-order valence-electron chi connectivity index (χ4n) is 7.71. The molecule has 39 heavy (non-hydrogen) atoms. The lowest BCUT2D eigenvalue weighted by Crippen LogP contribution is -2.45. The molecule has 3 heteroatoms. The third-order valence-electron chi connectivity index (χ3n) is 9.45. The number of aromatic hydroxyl groups is 1. The lowest BCUT2D eigenvalue weighted by Gasteiger charge is -2.45. The molecule has 3 rings (SSSR count). The van der Waals surface area contributed by atoms with Crippen LogP contribution in [0, 0.1) is 0 Å². The normalized spacial score (nSPS) is 19.7. The van der Waals surface area contributed by atoms with Crippen LogP contribution in [0.15, 0.2) is 18.2 Å². The number of unbranched alkanes of at least 4 members (excludes halogenated alkanes) is 4. The van der Waals surface area contributed by atoms with Gasteiger partial charge in [-0.05, 0) is 83.4 Å². The number of phenols is 1. The van der Waals surface area contributed by atoms with E-state index in [0.29, 0.717) is 5.75 Å². The first-order valence-corrected chi connectivity index (χ1v) is 16.7. The second kappa shape index (κ2) is 14.7. The van der Waals surface area contributed by atoms with Crippen molar-refractivity contribution in [2.75, 3.05) is 0 Å². The van der Waals surface area contributed by atoms with E-state index in [-0.39, 0.29) is 22.4 Å². The quantitative estimate of drug-likeness (QED) is 0.211. The molecular weight excluding hydrogens is 480 g/mol. The predicted octanol–water partition coefficient (Wildman–Crippen LogP) is 10.6. The number of phenolic OH excluding ortho intramolecular Hbond substituents is 1. The highest BCUT2D eigenvalue weighted by Gasteiger charge is 2.40. The van der Waals surface area contributed by atoms with Crippen LogP contribution in [0.4, 0.5) is 0 Å². The molecule has 0 amide bonds. The van der Waals surface area contributed by atoms with E-state index in [0.717, 1.165) is 18.4 Å². The second-order valence-corrected chi connectivity index (χ2v) is 14.4. The topological polar surface area (TPSA) is 38.7 Å². The maximum atomic E-state index is 11.1. The highest BCUT2D eigenvalue weighted by molar-refractivity contribution is 5.41. The number of hydrogen-bond donors (Lipinski definition) is 1. The van der Waals surface area contributed by atoms with Crippen LogP contribution in [0.2, 0.25) is 0 Å². The summed E-state index contributed by atoms with van der Waals surface area (Å²) in [6.07, 6.45) is 24.0. The van der Waals surface area contributed by atoms with Gasteiger partial charge in [0.05, 0.1) is 22.4 Å². The molecule has 2 fully saturated rings. The molecule has 0 saturated heterocycles. The summed E-state index contributed by atoms with van der Waals surface area (Å²) in [5, 5.41) is 11.1. The van der Waals surface area contributed by atoms with Crippen molar-refractivity contribution >= 4 is 0 Å². The Hall–Kier alpha value is -1.06. The Morgan fingerprint density at radius 1 is 0.667 bits per heavy atom. The van der Waals surface area contributed by atoms with Gasteiger partial charge < -0.3 is 14.6 Å². The molecule has 224 valence electrons. The predicted molar refractivity (Wildman–Crippen MR) is 166 cm³/mol. The van der Waals surface area contributed by atoms with Crippen molar-refractivity contribution in [3.8, 4) is 5.75 Å². The minimum atomic E-state index is -0.340. The maximum Gasteiger partial charge on any atom is 0.119 e. The van der Waals surface area contributed by atoms with Crippen molar-refractivity contribution in [3.05, 3.63) is 29.3 Å². The Morgan fingerprint density at radius 2 is 1.13 bits per heavy atom. The Morgan fingerprint density at radius 3 is 1.59 bits per heavy atom. The standard InChI is InChI=1S/C36H62O3/c1-7-9-13-22-35(24-15-11-16-25-35)38-33(3,4)28-30-20-19-21-32(37)31(30)29-34(5,6)39-36(23-14-10-8-2)26-17-12-18-27-36/h19-21,37H,7-18,22-29H2,1-6H3. The highest BCUT2D eigenvalue weighted by Crippen LogP contribution is 2.43. The van der Waals surface area contributed by atoms with Gasteiger partial charge in [-0.2, -0.15) is 0 Å². The van der Waals surface area contributed by atoms with Gasteiger partial charge in [-0.3, -0.25) is 0 Å². The molecule has 0 radical (unpaired) electrons. The molecule has 0 atom stereocenters. The third kappa shape index (κ3) is 10.1. The van der Waals surface area contributed by atoms with Crippen molar-refractivity contribution in [2.24, 2.45) is 0 Å². The maximum absolute atomic E-state index is 11.1. The van der Waals surface area contributed by atoms with E-state index in [1.54, 1.807) is 0 Å². The molecule has 2 aliphatic carbocycles. The van der Waals surface area contributed by atoms with E-state index in [4.69, 9.17) is 9.47 Å². The van der Waals surface area contributed by atoms with Crippen LogP contribution in [-0.4, -0.2) is 27.5 Å². The van der Waals surface area contributed by atoms with Gasteiger partial charge >= 0.3 is 0 Å². The molecule has 2 aliphatic rings. The smallest absolute Gasteiger partial charge is 0.119 e. The monoisotopic (exact) mass is 542 g/mol. The van der Waals surface area contributed by atoms with Crippen LogP contribution in [0.1, 0.15) is 168 Å². The van der Waals surface area contributed by atoms with Gasteiger partial charge in [-0.25, -0.2) is 0 Å². The van der Waals surface area contributed by atoms with E-state index in [1.807, 2.05) is 12.1 Å². The number of benzene rings is 1. The summed E-state index contributed by atoms with van der Waals surface area (Å²) in [4.78, 5) is 0. The van der Waals surface area contributed by atoms with Crippen molar-refractivity contribution in [1.82, 2.24) is 0 Å². The fourth-order valence-corrected chi connectivity index (χ4v) is 7.71. The molecule has 0 aliphatic heterocycles. The lowest BCUT2D eigenvalue weighted by molar-refractivity contribution is -0.162. The summed E-state index contributed by atoms with van der Waals surface area (Å²) in [5.74, 6) is 0.402. The lowest BCUT2D eigenvalue weighted by atomic mass is 9.79. The summed E-state index contributed by atoms with van der Waals surface area (Å²) in [7, 11) is 0. The van der Waals surface area contributed by atoms with Crippen molar-refractivity contribution in [2.45, 2.75) is 192 Å². The van der Waals surface area contributed by atoms with Gasteiger partial charge in [-0.15, -0.1) is 0 Å². The van der Waals surface area contributed by atoms with Gasteiger partial charge in [0.1, 0.15) is 5.75 Å². The summed E-state index contributed by atoms with van der Waals surface area (Å²) >= 11 is 0. The zero-order valence-corrected chi connectivity index (χ0v) is 26.6. The molecule has 3 nitrogen and oxygen atoms in total. The number of rotatable bonds is 16. The Balaban J connectivity index is 1.76. The summed E-state index contributed by atoms with van der Waals surface area (Å²) < 4.78 is 14.2. The summed E-state index contributed by atoms with van der Waals surface area (Å²) in [6, 6.07) is 6.06. The van der Waals surface area contributed by atoms with Crippen molar-refractivity contribution in [3.63, 3.8) is 0 Å². The van der Waals surface area contributed by atoms with Crippen LogP contribution in [0.5, 0.6) is 5.75 Å². The minimum Gasteiger partial charge on any atom is -0.508 e. The van der Waals surface area contributed by atoms with Crippen LogP contribution in [0.25, 0.3) is 0 Å². The molecule has 2 saturated carbocycles. The van der Waals surface area contributed by atoms with Crippen molar-refractivity contribution in [1.29, 1.82) is 0 Å². The van der Waals surface area contributed by atoms with Crippen LogP contribution >= 0.6 is 0 Å². The zero-order chi connectivity index (χ0) is 28.4. The van der Waals surface area contributed by atoms with E-state index in [9.17, 15) is 5.11 Å². The molecule has 0 aromatic heterocycles. The molecule has 1 aromatic carbocycles. The second-order valence-electron chi connectivity index (χ2n) is 14.4. The first-order valence-electron chi connectivity index (χ1n) is 16.7. The molecule has 1 N–H and O–H groups in total. The van der Waals surface area contributed by atoms with Crippen LogP contribution in [-0.2, 0) is 22.3 Å².